The van der Waals surface area contributed by atoms with Crippen molar-refractivity contribution < 1.29 is 9.26 Å². The van der Waals surface area contributed by atoms with Gasteiger partial charge in [-0.3, -0.25) is 0 Å². The van der Waals surface area contributed by atoms with Gasteiger partial charge in [-0.05, 0) is 25.2 Å². The maximum Gasteiger partial charge on any atom is 0.258 e. The van der Waals surface area contributed by atoms with Crippen LogP contribution < -0.4 is 0 Å². The molecule has 6 heteroatoms. The fraction of sp³-hybridized carbons (Fsp3) is 0.357. The third-order valence-corrected chi connectivity index (χ3v) is 3.24. The monoisotopic (exact) mass is 270 g/mol. The molecule has 0 saturated carbocycles. The Bertz CT molecular complexity index is 647. The first-order valence-corrected chi connectivity index (χ1v) is 6.40. The summed E-state index contributed by atoms with van der Waals surface area (Å²) >= 11 is 0. The van der Waals surface area contributed by atoms with Crippen molar-refractivity contribution in [2.24, 2.45) is 0 Å². The van der Waals surface area contributed by atoms with E-state index in [1.54, 1.807) is 18.2 Å². The summed E-state index contributed by atoms with van der Waals surface area (Å²) in [5.74, 6) is 0.961. The summed E-state index contributed by atoms with van der Waals surface area (Å²) in [4.78, 5) is 6.54. The lowest BCUT2D eigenvalue weighted by molar-refractivity contribution is -0.0264. The summed E-state index contributed by atoms with van der Waals surface area (Å²) in [7, 11) is 2.03. The highest BCUT2D eigenvalue weighted by Gasteiger charge is 2.24. The van der Waals surface area contributed by atoms with Crippen LogP contribution in [0.3, 0.4) is 0 Å². The highest BCUT2D eigenvalue weighted by Crippen LogP contribution is 2.23. The van der Waals surface area contributed by atoms with Crippen LogP contribution in [0.25, 0.3) is 11.5 Å². The summed E-state index contributed by atoms with van der Waals surface area (Å²) in [6, 6.07) is 9.19. The summed E-state index contributed by atoms with van der Waals surface area (Å²) in [6.45, 7) is 2.32. The second-order valence-corrected chi connectivity index (χ2v) is 4.77. The van der Waals surface area contributed by atoms with Gasteiger partial charge in [-0.2, -0.15) is 10.2 Å². The minimum atomic E-state index is -0.162. The van der Waals surface area contributed by atoms with Gasteiger partial charge in [-0.1, -0.05) is 11.2 Å². The molecule has 0 aliphatic carbocycles. The first-order chi connectivity index (χ1) is 9.76. The zero-order chi connectivity index (χ0) is 13.9. The van der Waals surface area contributed by atoms with Gasteiger partial charge in [-0.25, -0.2) is 0 Å². The van der Waals surface area contributed by atoms with Crippen molar-refractivity contribution in [1.29, 1.82) is 5.26 Å². The van der Waals surface area contributed by atoms with Crippen LogP contribution in [0.2, 0.25) is 0 Å². The summed E-state index contributed by atoms with van der Waals surface area (Å²) in [6.07, 6.45) is -0.162. The molecule has 2 aromatic rings. The number of hydrogen-bond acceptors (Lipinski definition) is 6. The molecule has 20 heavy (non-hydrogen) atoms. The van der Waals surface area contributed by atoms with E-state index in [-0.39, 0.29) is 6.10 Å². The van der Waals surface area contributed by atoms with Crippen LogP contribution in [0, 0.1) is 11.3 Å². The van der Waals surface area contributed by atoms with Crippen molar-refractivity contribution in [3.63, 3.8) is 0 Å². The Morgan fingerprint density at radius 1 is 1.45 bits per heavy atom. The van der Waals surface area contributed by atoms with Crippen LogP contribution in [-0.4, -0.2) is 41.8 Å². The lowest BCUT2D eigenvalue weighted by atomic mass is 10.1. The highest BCUT2D eigenvalue weighted by atomic mass is 16.5. The van der Waals surface area contributed by atoms with Crippen LogP contribution in [0.4, 0.5) is 0 Å². The van der Waals surface area contributed by atoms with Crippen molar-refractivity contribution in [3.05, 3.63) is 35.7 Å². The quantitative estimate of drug-likeness (QED) is 0.825. The van der Waals surface area contributed by atoms with Gasteiger partial charge in [-0.15, -0.1) is 0 Å². The predicted octanol–water partition coefficient (Wildman–Crippen LogP) is 1.61. The number of likely N-dealkylation sites (N-methyl/N-ethyl adjacent to an activating group) is 1. The van der Waals surface area contributed by atoms with Crippen molar-refractivity contribution in [3.8, 4) is 17.5 Å². The van der Waals surface area contributed by atoms with Crippen LogP contribution in [0.15, 0.2) is 28.8 Å². The Balaban J connectivity index is 1.84. The third kappa shape index (κ3) is 2.54. The second kappa shape index (κ2) is 5.41. The molecule has 1 fully saturated rings. The minimum Gasteiger partial charge on any atom is -0.367 e. The van der Waals surface area contributed by atoms with E-state index < -0.39 is 0 Å². The second-order valence-electron chi connectivity index (χ2n) is 4.77. The van der Waals surface area contributed by atoms with Crippen molar-refractivity contribution in [2.45, 2.75) is 6.10 Å². The average molecular weight is 270 g/mol. The van der Waals surface area contributed by atoms with Crippen molar-refractivity contribution in [1.82, 2.24) is 15.0 Å². The van der Waals surface area contributed by atoms with Crippen LogP contribution >= 0.6 is 0 Å². The largest absolute Gasteiger partial charge is 0.367 e. The third-order valence-electron chi connectivity index (χ3n) is 3.24. The van der Waals surface area contributed by atoms with Gasteiger partial charge in [0.1, 0.15) is 6.10 Å². The minimum absolute atomic E-state index is 0.162. The van der Waals surface area contributed by atoms with Gasteiger partial charge < -0.3 is 14.2 Å². The number of nitrogens with zero attached hydrogens (tertiary/aromatic N) is 4. The SMILES string of the molecule is CN1CCOC(c2noc(-c3cccc(C#N)c3)n2)C1. The molecule has 1 aromatic carbocycles. The first kappa shape index (κ1) is 12.8. The molecule has 2 heterocycles. The fourth-order valence-electron chi connectivity index (χ4n) is 2.14. The number of aromatic nitrogens is 2. The van der Waals surface area contributed by atoms with E-state index in [1.165, 1.54) is 0 Å². The number of hydrogen-bond donors (Lipinski definition) is 0. The van der Waals surface area contributed by atoms with Gasteiger partial charge in [0, 0.05) is 18.7 Å². The zero-order valence-corrected chi connectivity index (χ0v) is 11.1. The molecule has 0 N–H and O–H groups in total. The van der Waals surface area contributed by atoms with Gasteiger partial charge in [0.2, 0.25) is 5.82 Å². The number of nitriles is 1. The molecule has 1 aliphatic heterocycles. The fourth-order valence-corrected chi connectivity index (χ4v) is 2.14. The normalized spacial score (nSPS) is 19.7. The zero-order valence-electron chi connectivity index (χ0n) is 11.1. The summed E-state index contributed by atoms with van der Waals surface area (Å²) < 4.78 is 10.9. The molecule has 1 atom stereocenters. The maximum atomic E-state index is 8.91. The number of morpholine rings is 1. The van der Waals surface area contributed by atoms with Crippen molar-refractivity contribution >= 4 is 0 Å². The topological polar surface area (TPSA) is 75.2 Å². The van der Waals surface area contributed by atoms with Gasteiger partial charge >= 0.3 is 0 Å². The van der Waals surface area contributed by atoms with E-state index >= 15 is 0 Å². The van der Waals surface area contributed by atoms with E-state index in [2.05, 4.69) is 21.1 Å². The number of benzene rings is 1. The standard InChI is InChI=1S/C14H14N4O2/c1-18-5-6-19-12(9-18)13-16-14(20-17-13)11-4-2-3-10(7-11)8-15/h2-4,7,12H,5-6,9H2,1H3. The molecule has 1 aliphatic rings. The molecule has 0 spiro atoms. The molecular formula is C14H14N4O2. The van der Waals surface area contributed by atoms with E-state index in [0.717, 1.165) is 18.7 Å². The van der Waals surface area contributed by atoms with Crippen molar-refractivity contribution in [2.75, 3.05) is 26.7 Å². The number of ether oxygens (including phenoxy) is 1. The molecule has 3 rings (SSSR count). The lowest BCUT2D eigenvalue weighted by Crippen LogP contribution is -2.35. The molecular weight excluding hydrogens is 256 g/mol. The summed E-state index contributed by atoms with van der Waals surface area (Å²) in [5.41, 5.74) is 1.31. The molecule has 1 unspecified atom stereocenters. The molecule has 0 radical (unpaired) electrons. The Morgan fingerprint density at radius 2 is 2.35 bits per heavy atom. The number of rotatable bonds is 2. The van der Waals surface area contributed by atoms with Crippen LogP contribution in [-0.2, 0) is 4.74 Å². The highest BCUT2D eigenvalue weighted by molar-refractivity contribution is 5.55. The predicted molar refractivity (Wildman–Crippen MR) is 70.6 cm³/mol. The Labute approximate surface area is 116 Å². The molecule has 1 saturated heterocycles. The van der Waals surface area contributed by atoms with E-state index in [0.29, 0.717) is 23.9 Å². The van der Waals surface area contributed by atoms with Gasteiger partial charge in [0.05, 0.1) is 18.2 Å². The molecule has 6 nitrogen and oxygen atoms in total. The molecule has 0 amide bonds. The Hall–Kier alpha value is -2.23. The van der Waals surface area contributed by atoms with Crippen LogP contribution in [0.1, 0.15) is 17.5 Å². The Morgan fingerprint density at radius 3 is 3.15 bits per heavy atom. The van der Waals surface area contributed by atoms with Gasteiger partial charge in [0.25, 0.3) is 5.89 Å². The van der Waals surface area contributed by atoms with Crippen LogP contribution in [0.5, 0.6) is 0 Å². The first-order valence-electron chi connectivity index (χ1n) is 6.40. The van der Waals surface area contributed by atoms with Gasteiger partial charge in [0.15, 0.2) is 0 Å². The smallest absolute Gasteiger partial charge is 0.258 e. The summed E-state index contributed by atoms with van der Waals surface area (Å²) in [5, 5.41) is 12.9. The van der Waals surface area contributed by atoms with E-state index in [9.17, 15) is 0 Å². The molecule has 0 bridgehead atoms. The Kier molecular flexibility index (Phi) is 3.46. The molecule has 102 valence electrons. The van der Waals surface area contributed by atoms with E-state index in [1.807, 2.05) is 13.1 Å². The maximum absolute atomic E-state index is 8.91. The van der Waals surface area contributed by atoms with E-state index in [4.69, 9.17) is 14.5 Å². The average Bonchev–Trinajstić information content (AvgIpc) is 2.97. The molecule has 1 aromatic heterocycles. The lowest BCUT2D eigenvalue weighted by Gasteiger charge is -2.27.